The van der Waals surface area contributed by atoms with E-state index in [2.05, 4.69) is 18.4 Å². The molecule has 0 aliphatic heterocycles. The van der Waals surface area contributed by atoms with Crippen molar-refractivity contribution in [3.63, 3.8) is 0 Å². The van der Waals surface area contributed by atoms with Gasteiger partial charge in [-0.05, 0) is 31.3 Å². The molecule has 16 heavy (non-hydrogen) atoms. The molecule has 0 spiro atoms. The molecule has 0 aliphatic carbocycles. The fourth-order valence-electron chi connectivity index (χ4n) is 1.63. The number of ether oxygens (including phenoxy) is 1. The molecule has 2 aromatic rings. The molecule has 0 aliphatic rings. The Hall–Kier alpha value is -1.13. The smallest absolute Gasteiger partial charge is 0.161 e. The molecule has 2 nitrogen and oxygen atoms in total. The number of rotatable bonds is 2. The lowest BCUT2D eigenvalue weighted by molar-refractivity contribution is 0.416. The van der Waals surface area contributed by atoms with Crippen molar-refractivity contribution >= 4 is 23.6 Å². The van der Waals surface area contributed by atoms with Crippen LogP contribution in [0.3, 0.4) is 0 Å². The Bertz CT molecular complexity index is 569. The molecule has 0 saturated carbocycles. The van der Waals surface area contributed by atoms with E-state index >= 15 is 0 Å². The van der Waals surface area contributed by atoms with E-state index in [1.807, 2.05) is 23.7 Å². The fraction of sp³-hybridized carbons (Fsp3) is 0.250. The molecule has 0 unspecified atom stereocenters. The van der Waals surface area contributed by atoms with E-state index in [1.165, 1.54) is 5.56 Å². The summed E-state index contributed by atoms with van der Waals surface area (Å²) in [6, 6.07) is 6.16. The Morgan fingerprint density at radius 2 is 2.12 bits per heavy atom. The van der Waals surface area contributed by atoms with Crippen molar-refractivity contribution in [1.29, 1.82) is 0 Å². The molecule has 0 N–H and O–H groups in total. The zero-order chi connectivity index (χ0) is 11.7. The van der Waals surface area contributed by atoms with E-state index in [0.717, 1.165) is 21.0 Å². The van der Waals surface area contributed by atoms with Crippen LogP contribution in [-0.4, -0.2) is 11.7 Å². The molecule has 0 fully saturated rings. The quantitative estimate of drug-likeness (QED) is 0.754. The van der Waals surface area contributed by atoms with Crippen LogP contribution in [0.1, 0.15) is 5.56 Å². The minimum absolute atomic E-state index is 0.874. The Morgan fingerprint density at radius 3 is 2.69 bits per heavy atom. The van der Waals surface area contributed by atoms with Gasteiger partial charge in [0.2, 0.25) is 0 Å². The fourth-order valence-corrected chi connectivity index (χ4v) is 2.63. The predicted octanol–water partition coefficient (Wildman–Crippen LogP) is 3.80. The van der Waals surface area contributed by atoms with E-state index in [4.69, 9.17) is 17.0 Å². The van der Waals surface area contributed by atoms with Crippen LogP contribution in [0, 0.1) is 10.9 Å². The van der Waals surface area contributed by atoms with Crippen molar-refractivity contribution in [3.05, 3.63) is 33.1 Å². The van der Waals surface area contributed by atoms with E-state index < -0.39 is 0 Å². The Kier molecular flexibility index (Phi) is 3.12. The molecule has 84 valence electrons. The van der Waals surface area contributed by atoms with Gasteiger partial charge < -0.3 is 9.30 Å². The van der Waals surface area contributed by atoms with Crippen molar-refractivity contribution in [3.8, 4) is 17.0 Å². The first-order valence-corrected chi connectivity index (χ1v) is 6.22. The lowest BCUT2D eigenvalue weighted by atomic mass is 10.1. The standard InChI is InChI=1S/C12H13NOS2/c1-8-4-5-11(14-3)9(6-8)10-7-16-12(15)13(10)2/h4-7H,1-3H3. The number of aromatic nitrogens is 1. The Balaban J connectivity index is 2.67. The van der Waals surface area contributed by atoms with Gasteiger partial charge in [0.05, 0.1) is 12.8 Å². The second kappa shape index (κ2) is 4.39. The largest absolute Gasteiger partial charge is 0.496 e. The summed E-state index contributed by atoms with van der Waals surface area (Å²) in [5.74, 6) is 0.883. The molecular weight excluding hydrogens is 238 g/mol. The summed E-state index contributed by atoms with van der Waals surface area (Å²) in [6.07, 6.45) is 0. The highest BCUT2D eigenvalue weighted by Gasteiger charge is 2.09. The van der Waals surface area contributed by atoms with Crippen LogP contribution in [0.15, 0.2) is 23.6 Å². The number of nitrogens with zero attached hydrogens (tertiary/aromatic N) is 1. The molecule has 0 bridgehead atoms. The van der Waals surface area contributed by atoms with Gasteiger partial charge in [0, 0.05) is 18.0 Å². The average molecular weight is 251 g/mol. The minimum Gasteiger partial charge on any atom is -0.496 e. The van der Waals surface area contributed by atoms with Crippen LogP contribution in [0.5, 0.6) is 5.75 Å². The molecule has 0 atom stereocenters. The SMILES string of the molecule is COc1ccc(C)cc1-c1csc(=S)n1C. The lowest BCUT2D eigenvalue weighted by Gasteiger charge is -2.09. The average Bonchev–Trinajstić information content (AvgIpc) is 2.60. The van der Waals surface area contributed by atoms with E-state index in [1.54, 1.807) is 18.4 Å². The summed E-state index contributed by atoms with van der Waals surface area (Å²) in [4.78, 5) is 0. The second-order valence-electron chi connectivity index (χ2n) is 3.65. The maximum atomic E-state index is 5.38. The molecule has 1 aromatic heterocycles. The molecule has 4 heteroatoms. The number of thiazole rings is 1. The molecule has 2 rings (SSSR count). The van der Waals surface area contributed by atoms with Gasteiger partial charge >= 0.3 is 0 Å². The van der Waals surface area contributed by atoms with Gasteiger partial charge in [-0.15, -0.1) is 11.3 Å². The highest BCUT2D eigenvalue weighted by atomic mass is 32.1. The zero-order valence-corrected chi connectivity index (χ0v) is 11.1. The summed E-state index contributed by atoms with van der Waals surface area (Å²) < 4.78 is 8.26. The van der Waals surface area contributed by atoms with Gasteiger partial charge in [-0.2, -0.15) is 0 Å². The van der Waals surface area contributed by atoms with Crippen LogP contribution < -0.4 is 4.74 Å². The normalized spacial score (nSPS) is 10.4. The van der Waals surface area contributed by atoms with Crippen molar-refractivity contribution in [2.24, 2.45) is 7.05 Å². The van der Waals surface area contributed by atoms with Gasteiger partial charge in [0.15, 0.2) is 3.95 Å². The van der Waals surface area contributed by atoms with Gasteiger partial charge in [-0.1, -0.05) is 11.6 Å². The number of methoxy groups -OCH3 is 1. The lowest BCUT2D eigenvalue weighted by Crippen LogP contribution is -1.94. The molecule has 1 aromatic carbocycles. The van der Waals surface area contributed by atoms with Gasteiger partial charge in [-0.3, -0.25) is 0 Å². The van der Waals surface area contributed by atoms with E-state index in [0.29, 0.717) is 0 Å². The van der Waals surface area contributed by atoms with Crippen molar-refractivity contribution in [1.82, 2.24) is 4.57 Å². The third-order valence-electron chi connectivity index (χ3n) is 2.54. The van der Waals surface area contributed by atoms with Crippen LogP contribution in [-0.2, 0) is 7.05 Å². The summed E-state index contributed by atoms with van der Waals surface area (Å²) in [6.45, 7) is 2.07. The molecular formula is C12H13NOS2. The highest BCUT2D eigenvalue weighted by molar-refractivity contribution is 7.73. The Labute approximate surface area is 104 Å². The number of benzene rings is 1. The first-order valence-electron chi connectivity index (χ1n) is 4.93. The minimum atomic E-state index is 0.874. The van der Waals surface area contributed by atoms with E-state index in [-0.39, 0.29) is 0 Å². The summed E-state index contributed by atoms with van der Waals surface area (Å²) >= 11 is 6.80. The van der Waals surface area contributed by atoms with Crippen LogP contribution in [0.2, 0.25) is 0 Å². The third-order valence-corrected chi connectivity index (χ3v) is 3.92. The summed E-state index contributed by atoms with van der Waals surface area (Å²) in [5.41, 5.74) is 3.42. The maximum absolute atomic E-state index is 5.38. The third kappa shape index (κ3) is 1.90. The molecule has 1 heterocycles. The second-order valence-corrected chi connectivity index (χ2v) is 5.15. The van der Waals surface area contributed by atoms with Crippen LogP contribution >= 0.6 is 23.6 Å². The van der Waals surface area contributed by atoms with E-state index in [9.17, 15) is 0 Å². The molecule has 0 amide bonds. The first-order chi connectivity index (χ1) is 7.63. The Morgan fingerprint density at radius 1 is 1.38 bits per heavy atom. The number of hydrogen-bond donors (Lipinski definition) is 0. The molecule has 0 radical (unpaired) electrons. The monoisotopic (exact) mass is 251 g/mol. The first kappa shape index (κ1) is 11.4. The summed E-state index contributed by atoms with van der Waals surface area (Å²) in [7, 11) is 3.67. The number of aryl methyl sites for hydroxylation is 1. The van der Waals surface area contributed by atoms with Crippen LogP contribution in [0.4, 0.5) is 0 Å². The van der Waals surface area contributed by atoms with Gasteiger partial charge in [0.25, 0.3) is 0 Å². The predicted molar refractivity (Wildman–Crippen MR) is 70.8 cm³/mol. The van der Waals surface area contributed by atoms with Crippen molar-refractivity contribution in [2.45, 2.75) is 6.92 Å². The van der Waals surface area contributed by atoms with Crippen molar-refractivity contribution < 1.29 is 4.74 Å². The van der Waals surface area contributed by atoms with Gasteiger partial charge in [-0.25, -0.2) is 0 Å². The molecule has 0 saturated heterocycles. The van der Waals surface area contributed by atoms with Crippen molar-refractivity contribution in [2.75, 3.05) is 7.11 Å². The highest BCUT2D eigenvalue weighted by Crippen LogP contribution is 2.32. The number of hydrogen-bond acceptors (Lipinski definition) is 3. The van der Waals surface area contributed by atoms with Gasteiger partial charge in [0.1, 0.15) is 5.75 Å². The topological polar surface area (TPSA) is 14.2 Å². The van der Waals surface area contributed by atoms with Crippen LogP contribution in [0.25, 0.3) is 11.3 Å². The summed E-state index contributed by atoms with van der Waals surface area (Å²) in [5, 5.41) is 2.07. The maximum Gasteiger partial charge on any atom is 0.161 e. The zero-order valence-electron chi connectivity index (χ0n) is 9.48.